The van der Waals surface area contributed by atoms with E-state index in [2.05, 4.69) is 5.92 Å². The van der Waals surface area contributed by atoms with Crippen molar-refractivity contribution in [1.82, 2.24) is 4.90 Å². The topological polar surface area (TPSA) is 83.6 Å². The Kier molecular flexibility index (Phi) is 6.14. The Morgan fingerprint density at radius 1 is 1.60 bits per heavy atom. The normalized spacial score (nSPS) is 11.5. The van der Waals surface area contributed by atoms with Crippen molar-refractivity contribution in [2.45, 2.75) is 25.8 Å². The second-order valence-electron chi connectivity index (χ2n) is 3.08. The first-order chi connectivity index (χ1) is 7.02. The molecule has 5 nitrogen and oxygen atoms in total. The molecule has 0 radical (unpaired) electrons. The van der Waals surface area contributed by atoms with Crippen molar-refractivity contribution in [3.05, 3.63) is 0 Å². The zero-order chi connectivity index (χ0) is 11.8. The van der Waals surface area contributed by atoms with Crippen LogP contribution in [0.25, 0.3) is 0 Å². The Morgan fingerprint density at radius 2 is 2.20 bits per heavy atom. The number of carboxylic acids is 1. The van der Waals surface area contributed by atoms with Gasteiger partial charge in [-0.1, -0.05) is 0 Å². The van der Waals surface area contributed by atoms with E-state index in [-0.39, 0.29) is 25.3 Å². The number of terminal acetylenes is 1. The molecule has 0 saturated carbocycles. The highest BCUT2D eigenvalue weighted by atomic mass is 16.4. The summed E-state index contributed by atoms with van der Waals surface area (Å²) in [6, 6.07) is -0.733. The molecule has 0 aliphatic heterocycles. The Bertz CT molecular complexity index is 270. The number of amides is 1. The van der Waals surface area contributed by atoms with Crippen LogP contribution in [0, 0.1) is 12.3 Å². The number of rotatable bonds is 6. The van der Waals surface area contributed by atoms with Crippen molar-refractivity contribution in [2.24, 2.45) is 5.73 Å². The summed E-state index contributed by atoms with van der Waals surface area (Å²) in [6.45, 7) is 2.37. The predicted octanol–water partition coefficient (Wildman–Crippen LogP) is -0.340. The van der Waals surface area contributed by atoms with Gasteiger partial charge in [-0.25, -0.2) is 0 Å². The van der Waals surface area contributed by atoms with Gasteiger partial charge in [0.05, 0.1) is 12.5 Å². The molecule has 0 aromatic heterocycles. The van der Waals surface area contributed by atoms with E-state index in [1.54, 1.807) is 6.92 Å². The molecule has 0 aromatic rings. The first kappa shape index (κ1) is 13.5. The number of likely N-dealkylation sites (N-methyl/N-ethyl adjacent to an activating group) is 1. The van der Waals surface area contributed by atoms with Gasteiger partial charge in [-0.15, -0.1) is 12.3 Å². The van der Waals surface area contributed by atoms with Gasteiger partial charge in [0.1, 0.15) is 0 Å². The molecule has 15 heavy (non-hydrogen) atoms. The fourth-order valence-corrected chi connectivity index (χ4v) is 1.10. The zero-order valence-electron chi connectivity index (χ0n) is 8.77. The third-order valence-corrected chi connectivity index (χ3v) is 1.94. The molecular formula is C10H16N2O3. The summed E-state index contributed by atoms with van der Waals surface area (Å²) in [6.07, 6.45) is 5.12. The van der Waals surface area contributed by atoms with E-state index in [1.807, 2.05) is 0 Å². The van der Waals surface area contributed by atoms with E-state index in [0.717, 1.165) is 0 Å². The molecule has 0 aliphatic rings. The SMILES string of the molecule is C#CCC(N)C(=O)N(CC)CCC(=O)O. The number of carbonyl (C=O) groups excluding carboxylic acids is 1. The van der Waals surface area contributed by atoms with Gasteiger partial charge in [0, 0.05) is 19.5 Å². The number of carbonyl (C=O) groups is 2. The van der Waals surface area contributed by atoms with Gasteiger partial charge in [-0.3, -0.25) is 9.59 Å². The Morgan fingerprint density at radius 3 is 2.60 bits per heavy atom. The summed E-state index contributed by atoms with van der Waals surface area (Å²) in [5.74, 6) is 1.07. The van der Waals surface area contributed by atoms with E-state index >= 15 is 0 Å². The highest BCUT2D eigenvalue weighted by Gasteiger charge is 2.19. The molecule has 3 N–H and O–H groups in total. The Labute approximate surface area is 89.2 Å². The fourth-order valence-electron chi connectivity index (χ4n) is 1.10. The molecular weight excluding hydrogens is 196 g/mol. The average Bonchev–Trinajstić information content (AvgIpc) is 2.18. The van der Waals surface area contributed by atoms with Crippen molar-refractivity contribution < 1.29 is 14.7 Å². The summed E-state index contributed by atoms with van der Waals surface area (Å²) < 4.78 is 0. The van der Waals surface area contributed by atoms with E-state index in [0.29, 0.717) is 6.54 Å². The molecule has 1 amide bonds. The summed E-state index contributed by atoms with van der Waals surface area (Å²) in [4.78, 5) is 23.3. The van der Waals surface area contributed by atoms with Crippen LogP contribution in [0.4, 0.5) is 0 Å². The monoisotopic (exact) mass is 212 g/mol. The minimum Gasteiger partial charge on any atom is -0.481 e. The zero-order valence-corrected chi connectivity index (χ0v) is 8.77. The maximum atomic E-state index is 11.6. The minimum absolute atomic E-state index is 0.0810. The van der Waals surface area contributed by atoms with Gasteiger partial charge in [-0.05, 0) is 6.92 Å². The molecule has 1 unspecified atom stereocenters. The standard InChI is InChI=1S/C10H16N2O3/c1-3-5-8(11)10(15)12(4-2)7-6-9(13)14/h1,8H,4-7,11H2,2H3,(H,13,14). The number of hydrogen-bond acceptors (Lipinski definition) is 3. The molecule has 0 rings (SSSR count). The van der Waals surface area contributed by atoms with Gasteiger partial charge >= 0.3 is 5.97 Å². The van der Waals surface area contributed by atoms with Gasteiger partial charge in [0.15, 0.2) is 0 Å². The van der Waals surface area contributed by atoms with Crippen molar-refractivity contribution in [3.63, 3.8) is 0 Å². The lowest BCUT2D eigenvalue weighted by Gasteiger charge is -2.22. The Balaban J connectivity index is 4.22. The first-order valence-corrected chi connectivity index (χ1v) is 4.72. The van der Waals surface area contributed by atoms with Crippen LogP contribution in [0.1, 0.15) is 19.8 Å². The van der Waals surface area contributed by atoms with Crippen LogP contribution in [0.2, 0.25) is 0 Å². The number of aliphatic carboxylic acids is 1. The molecule has 84 valence electrons. The Hall–Kier alpha value is -1.54. The molecule has 0 aliphatic carbocycles. The lowest BCUT2D eigenvalue weighted by Crippen LogP contribution is -2.44. The fraction of sp³-hybridized carbons (Fsp3) is 0.600. The van der Waals surface area contributed by atoms with Crippen molar-refractivity contribution in [3.8, 4) is 12.3 Å². The largest absolute Gasteiger partial charge is 0.481 e. The predicted molar refractivity (Wildman–Crippen MR) is 55.9 cm³/mol. The second kappa shape index (κ2) is 6.85. The number of hydrogen-bond donors (Lipinski definition) is 2. The van der Waals surface area contributed by atoms with Crippen molar-refractivity contribution >= 4 is 11.9 Å². The van der Waals surface area contributed by atoms with E-state index in [1.165, 1.54) is 4.90 Å². The number of nitrogens with two attached hydrogens (primary N) is 1. The van der Waals surface area contributed by atoms with Gasteiger partial charge in [-0.2, -0.15) is 0 Å². The van der Waals surface area contributed by atoms with Crippen molar-refractivity contribution in [1.29, 1.82) is 0 Å². The van der Waals surface area contributed by atoms with Crippen molar-refractivity contribution in [2.75, 3.05) is 13.1 Å². The third-order valence-electron chi connectivity index (χ3n) is 1.94. The van der Waals surface area contributed by atoms with Crippen LogP contribution >= 0.6 is 0 Å². The molecule has 0 aromatic carbocycles. The molecule has 0 heterocycles. The molecule has 0 fully saturated rings. The summed E-state index contributed by atoms with van der Waals surface area (Å²) >= 11 is 0. The van der Waals surface area contributed by atoms with Crippen LogP contribution in [-0.2, 0) is 9.59 Å². The second-order valence-corrected chi connectivity index (χ2v) is 3.08. The summed E-state index contributed by atoms with van der Waals surface area (Å²) in [5.41, 5.74) is 5.53. The van der Waals surface area contributed by atoms with E-state index < -0.39 is 12.0 Å². The molecule has 5 heteroatoms. The van der Waals surface area contributed by atoms with Crippen LogP contribution in [-0.4, -0.2) is 41.0 Å². The van der Waals surface area contributed by atoms with Crippen LogP contribution in [0.5, 0.6) is 0 Å². The van der Waals surface area contributed by atoms with Gasteiger partial charge < -0.3 is 15.7 Å². The maximum absolute atomic E-state index is 11.6. The summed E-state index contributed by atoms with van der Waals surface area (Å²) in [7, 11) is 0. The quantitative estimate of drug-likeness (QED) is 0.590. The lowest BCUT2D eigenvalue weighted by atomic mass is 10.2. The molecule has 1 atom stereocenters. The summed E-state index contributed by atoms with van der Waals surface area (Å²) in [5, 5.41) is 8.48. The van der Waals surface area contributed by atoms with Crippen LogP contribution < -0.4 is 5.73 Å². The molecule has 0 saturated heterocycles. The number of nitrogens with zero attached hydrogens (tertiary/aromatic N) is 1. The van der Waals surface area contributed by atoms with Gasteiger partial charge in [0.2, 0.25) is 5.91 Å². The highest BCUT2D eigenvalue weighted by molar-refractivity contribution is 5.82. The smallest absolute Gasteiger partial charge is 0.305 e. The molecule has 0 spiro atoms. The molecule has 0 bridgehead atoms. The lowest BCUT2D eigenvalue weighted by molar-refractivity contribution is -0.138. The third kappa shape index (κ3) is 5.03. The maximum Gasteiger partial charge on any atom is 0.305 e. The average molecular weight is 212 g/mol. The highest BCUT2D eigenvalue weighted by Crippen LogP contribution is 1.98. The van der Waals surface area contributed by atoms with E-state index in [9.17, 15) is 9.59 Å². The van der Waals surface area contributed by atoms with E-state index in [4.69, 9.17) is 17.3 Å². The number of carboxylic acid groups (broad SMARTS) is 1. The van der Waals surface area contributed by atoms with Crippen LogP contribution in [0.15, 0.2) is 0 Å². The first-order valence-electron chi connectivity index (χ1n) is 4.72. The van der Waals surface area contributed by atoms with Gasteiger partial charge in [0.25, 0.3) is 0 Å². The minimum atomic E-state index is -0.938. The van der Waals surface area contributed by atoms with Crippen LogP contribution in [0.3, 0.4) is 0 Å².